The summed E-state index contributed by atoms with van der Waals surface area (Å²) >= 11 is 0. The molecule has 0 aromatic rings. The Bertz CT molecular complexity index is 733. The molecule has 0 saturated carbocycles. The molecule has 0 aromatic carbocycles. The Balaban J connectivity index is 4.37. The lowest BCUT2D eigenvalue weighted by molar-refractivity contribution is -0.870. The Hall–Kier alpha value is -0.500. The fourth-order valence-corrected chi connectivity index (χ4v) is 6.41. The van der Waals surface area contributed by atoms with Gasteiger partial charge in [0, 0.05) is 6.42 Å². The smallest absolute Gasteiger partial charge is 0.268 e. The molecule has 0 heterocycles. The van der Waals surface area contributed by atoms with Crippen LogP contribution in [0.25, 0.3) is 0 Å². The van der Waals surface area contributed by atoms with E-state index in [9.17, 15) is 19.4 Å². The fourth-order valence-electron chi connectivity index (χ4n) is 5.69. The first-order chi connectivity index (χ1) is 22.0. The zero-order valence-electron chi connectivity index (χ0n) is 31.0. The number of likely N-dealkylation sites (N-methyl/N-ethyl adjacent to an activating group) is 1. The van der Waals surface area contributed by atoms with E-state index in [-0.39, 0.29) is 19.1 Å². The number of hydrogen-bond acceptors (Lipinski definition) is 6. The number of aliphatic hydroxyl groups is 1. The van der Waals surface area contributed by atoms with Crippen LogP contribution in [0.3, 0.4) is 0 Å². The van der Waals surface area contributed by atoms with Gasteiger partial charge in [-0.15, -0.1) is 0 Å². The summed E-state index contributed by atoms with van der Waals surface area (Å²) in [5.41, 5.74) is 0. The van der Waals surface area contributed by atoms with E-state index in [4.69, 9.17) is 9.05 Å². The molecule has 3 unspecified atom stereocenters. The monoisotopic (exact) mass is 677 g/mol. The van der Waals surface area contributed by atoms with Crippen LogP contribution in [0, 0.1) is 0 Å². The van der Waals surface area contributed by atoms with Crippen LogP contribution in [0.15, 0.2) is 0 Å². The molecule has 0 aliphatic rings. The normalized spacial score (nSPS) is 14.7. The highest BCUT2D eigenvalue weighted by Gasteiger charge is 2.24. The number of phosphoric ester groups is 1. The van der Waals surface area contributed by atoms with Gasteiger partial charge in [-0.05, 0) is 12.8 Å². The van der Waals surface area contributed by atoms with Crippen molar-refractivity contribution in [1.29, 1.82) is 0 Å². The van der Waals surface area contributed by atoms with Crippen molar-refractivity contribution in [3.8, 4) is 0 Å². The number of nitrogens with one attached hydrogen (secondary N) is 1. The molecule has 0 aromatic heterocycles. The third-order valence-corrected chi connectivity index (χ3v) is 9.81. The van der Waals surface area contributed by atoms with Crippen LogP contribution in [0.2, 0.25) is 0 Å². The molecule has 8 nitrogen and oxygen atoms in total. The van der Waals surface area contributed by atoms with Crippen LogP contribution in [0.4, 0.5) is 0 Å². The summed E-state index contributed by atoms with van der Waals surface area (Å²) < 4.78 is 23.1. The van der Waals surface area contributed by atoms with Crippen molar-refractivity contribution in [2.75, 3.05) is 40.9 Å². The van der Waals surface area contributed by atoms with Crippen molar-refractivity contribution in [3.05, 3.63) is 0 Å². The maximum absolute atomic E-state index is 12.8. The van der Waals surface area contributed by atoms with E-state index >= 15 is 0 Å². The summed E-state index contributed by atoms with van der Waals surface area (Å²) in [5.74, 6) is -0.166. The third-order valence-electron chi connectivity index (χ3n) is 8.85. The number of unbranched alkanes of at least 4 members (excludes halogenated alkanes) is 22. The molecule has 0 saturated heterocycles. The quantitative estimate of drug-likeness (QED) is 0.0394. The largest absolute Gasteiger partial charge is 0.756 e. The molecule has 276 valence electrons. The lowest BCUT2D eigenvalue weighted by Gasteiger charge is -2.30. The molecule has 1 amide bonds. The predicted molar refractivity (Wildman–Crippen MR) is 192 cm³/mol. The number of aliphatic hydroxyl groups excluding tert-OH is 1. The molecule has 0 bridgehead atoms. The summed E-state index contributed by atoms with van der Waals surface area (Å²) in [6.45, 7) is 4.69. The van der Waals surface area contributed by atoms with E-state index in [2.05, 4.69) is 19.2 Å². The summed E-state index contributed by atoms with van der Waals surface area (Å²) in [6.07, 6.45) is 29.6. The standard InChI is InChI=1S/C37H77N2O6P/c1-6-8-10-12-14-16-17-18-19-20-21-23-25-27-29-31-37(41)38-35(34-45-46(42,43)44-33-32-39(3,4)5)36(40)30-28-26-24-22-15-13-11-9-7-2/h35-36,40H,6-34H2,1-5H3,(H-,38,41,42,43). The summed E-state index contributed by atoms with van der Waals surface area (Å²) in [7, 11) is 1.31. The van der Waals surface area contributed by atoms with Gasteiger partial charge in [-0.2, -0.15) is 0 Å². The molecule has 0 rings (SSSR count). The zero-order valence-corrected chi connectivity index (χ0v) is 31.9. The highest BCUT2D eigenvalue weighted by molar-refractivity contribution is 7.45. The van der Waals surface area contributed by atoms with Gasteiger partial charge in [0.25, 0.3) is 7.82 Å². The van der Waals surface area contributed by atoms with E-state index in [0.29, 0.717) is 23.9 Å². The number of amides is 1. The number of rotatable bonds is 35. The summed E-state index contributed by atoms with van der Waals surface area (Å²) in [6, 6.07) is -0.790. The number of nitrogens with zero attached hydrogens (tertiary/aromatic N) is 1. The van der Waals surface area contributed by atoms with Crippen LogP contribution < -0.4 is 10.2 Å². The Morgan fingerprint density at radius 1 is 0.674 bits per heavy atom. The number of hydrogen-bond donors (Lipinski definition) is 2. The minimum Gasteiger partial charge on any atom is -0.756 e. The van der Waals surface area contributed by atoms with Crippen molar-refractivity contribution >= 4 is 13.7 Å². The Morgan fingerprint density at radius 3 is 1.48 bits per heavy atom. The highest BCUT2D eigenvalue weighted by atomic mass is 31.2. The maximum atomic E-state index is 12.8. The molecule has 0 aliphatic heterocycles. The first-order valence-corrected chi connectivity index (χ1v) is 20.8. The molecule has 46 heavy (non-hydrogen) atoms. The van der Waals surface area contributed by atoms with Crippen molar-refractivity contribution < 1.29 is 32.9 Å². The molecule has 3 atom stereocenters. The molecule has 2 N–H and O–H groups in total. The van der Waals surface area contributed by atoms with Crippen LogP contribution in [-0.4, -0.2) is 68.5 Å². The van der Waals surface area contributed by atoms with Gasteiger partial charge in [-0.25, -0.2) is 0 Å². The average Bonchev–Trinajstić information content (AvgIpc) is 2.99. The van der Waals surface area contributed by atoms with Gasteiger partial charge in [0.05, 0.1) is 39.9 Å². The Kier molecular flexibility index (Phi) is 30.2. The van der Waals surface area contributed by atoms with E-state index in [1.54, 1.807) is 0 Å². The lowest BCUT2D eigenvalue weighted by atomic mass is 10.0. The van der Waals surface area contributed by atoms with Gasteiger partial charge >= 0.3 is 0 Å². The van der Waals surface area contributed by atoms with Gasteiger partial charge < -0.3 is 28.8 Å². The fraction of sp³-hybridized carbons (Fsp3) is 0.973. The molecular formula is C37H77N2O6P. The van der Waals surface area contributed by atoms with Gasteiger partial charge in [-0.1, -0.05) is 162 Å². The number of phosphoric acid groups is 1. The van der Waals surface area contributed by atoms with Crippen molar-refractivity contribution in [2.24, 2.45) is 0 Å². The third kappa shape index (κ3) is 32.1. The van der Waals surface area contributed by atoms with Gasteiger partial charge in [0.2, 0.25) is 5.91 Å². The van der Waals surface area contributed by atoms with E-state index in [1.165, 1.54) is 116 Å². The topological polar surface area (TPSA) is 108 Å². The first-order valence-electron chi connectivity index (χ1n) is 19.4. The molecule has 0 fully saturated rings. The molecule has 0 spiro atoms. The zero-order chi connectivity index (χ0) is 34.4. The molecule has 0 aliphatic carbocycles. The SMILES string of the molecule is CCCCCCCCCCCCCCCCCC(=O)NC(COP(=O)([O-])OCC[N+](C)(C)C)C(O)CCCCCCCCCCC. The van der Waals surface area contributed by atoms with Crippen molar-refractivity contribution in [1.82, 2.24) is 5.32 Å². The second-order valence-corrected chi connectivity index (χ2v) is 16.1. The highest BCUT2D eigenvalue weighted by Crippen LogP contribution is 2.38. The second kappa shape index (κ2) is 30.6. The second-order valence-electron chi connectivity index (χ2n) is 14.6. The first kappa shape index (κ1) is 45.5. The van der Waals surface area contributed by atoms with E-state index in [0.717, 1.165) is 38.5 Å². The minimum absolute atomic E-state index is 0.0154. The number of quaternary nitrogens is 1. The Labute approximate surface area is 285 Å². The molecule has 9 heteroatoms. The maximum Gasteiger partial charge on any atom is 0.268 e. The van der Waals surface area contributed by atoms with Crippen LogP contribution in [0.5, 0.6) is 0 Å². The lowest BCUT2D eigenvalue weighted by Crippen LogP contribution is -2.46. The number of carbonyl (C=O) groups is 1. The van der Waals surface area contributed by atoms with Crippen LogP contribution in [-0.2, 0) is 18.4 Å². The summed E-state index contributed by atoms with van der Waals surface area (Å²) in [4.78, 5) is 25.1. The number of carbonyl (C=O) groups excluding carboxylic acids is 1. The summed E-state index contributed by atoms with van der Waals surface area (Å²) in [5, 5.41) is 13.8. The van der Waals surface area contributed by atoms with E-state index in [1.807, 2.05) is 21.1 Å². The minimum atomic E-state index is -4.54. The van der Waals surface area contributed by atoms with Gasteiger partial charge in [0.15, 0.2) is 0 Å². The molecular weight excluding hydrogens is 599 g/mol. The van der Waals surface area contributed by atoms with Crippen LogP contribution in [0.1, 0.15) is 181 Å². The van der Waals surface area contributed by atoms with E-state index < -0.39 is 20.0 Å². The average molecular weight is 677 g/mol. The molecule has 0 radical (unpaired) electrons. The van der Waals surface area contributed by atoms with Gasteiger partial charge in [-0.3, -0.25) is 9.36 Å². The van der Waals surface area contributed by atoms with Crippen molar-refractivity contribution in [2.45, 2.75) is 193 Å². The predicted octanol–water partition coefficient (Wildman–Crippen LogP) is 9.22. The van der Waals surface area contributed by atoms with Gasteiger partial charge in [0.1, 0.15) is 13.2 Å². The Morgan fingerprint density at radius 2 is 1.07 bits per heavy atom. The van der Waals surface area contributed by atoms with Crippen LogP contribution >= 0.6 is 7.82 Å². The van der Waals surface area contributed by atoms with Crippen molar-refractivity contribution in [3.63, 3.8) is 0 Å².